The minimum atomic E-state index is -0.436. The predicted molar refractivity (Wildman–Crippen MR) is 81.5 cm³/mol. The number of nitrogens with zero attached hydrogens (tertiary/aromatic N) is 2. The molecule has 2 rings (SSSR count). The Morgan fingerprint density at radius 2 is 2.10 bits per heavy atom. The fraction of sp³-hybridized carbons (Fsp3) is 0.533. The van der Waals surface area contributed by atoms with Crippen molar-refractivity contribution in [3.8, 4) is 0 Å². The first-order chi connectivity index (χ1) is 9.90. The second-order valence-electron chi connectivity index (χ2n) is 5.85. The maximum absolute atomic E-state index is 11.9. The van der Waals surface area contributed by atoms with Crippen LogP contribution in [0.3, 0.4) is 0 Å². The highest BCUT2D eigenvalue weighted by atomic mass is 16.6. The molecular formula is C15H21N3O3. The maximum Gasteiger partial charge on any atom is 0.293 e. The van der Waals surface area contributed by atoms with Crippen LogP contribution in [-0.2, 0) is 0 Å². The van der Waals surface area contributed by atoms with Crippen molar-refractivity contribution >= 4 is 17.3 Å². The Bertz CT molecular complexity index is 557. The Hall–Kier alpha value is -2.11. The van der Waals surface area contributed by atoms with E-state index in [9.17, 15) is 14.9 Å². The number of hydrogen-bond acceptors (Lipinski definition) is 4. The molecule has 21 heavy (non-hydrogen) atoms. The number of amides is 1. The number of carbonyl (C=O) groups is 1. The van der Waals surface area contributed by atoms with Gasteiger partial charge in [-0.25, -0.2) is 0 Å². The Balaban J connectivity index is 2.29. The zero-order chi connectivity index (χ0) is 15.6. The van der Waals surface area contributed by atoms with Crippen LogP contribution in [0.4, 0.5) is 11.4 Å². The van der Waals surface area contributed by atoms with E-state index >= 15 is 0 Å². The molecule has 0 aliphatic heterocycles. The van der Waals surface area contributed by atoms with E-state index in [0.717, 1.165) is 19.3 Å². The van der Waals surface area contributed by atoms with Gasteiger partial charge in [-0.05, 0) is 30.9 Å². The van der Waals surface area contributed by atoms with E-state index in [1.165, 1.54) is 11.0 Å². The highest BCUT2D eigenvalue weighted by molar-refractivity contribution is 5.95. The van der Waals surface area contributed by atoms with Gasteiger partial charge < -0.3 is 10.2 Å². The zero-order valence-corrected chi connectivity index (χ0v) is 12.6. The molecule has 1 saturated carbocycles. The molecule has 1 fully saturated rings. The Kier molecular flexibility index (Phi) is 4.45. The number of benzene rings is 1. The average molecular weight is 291 g/mol. The molecule has 2 unspecified atom stereocenters. The zero-order valence-electron chi connectivity index (χ0n) is 12.6. The van der Waals surface area contributed by atoms with Gasteiger partial charge in [-0.1, -0.05) is 13.3 Å². The minimum absolute atomic E-state index is 0.0400. The number of carbonyl (C=O) groups excluding carboxylic acids is 1. The van der Waals surface area contributed by atoms with Crippen LogP contribution in [-0.4, -0.2) is 35.9 Å². The molecule has 1 aliphatic carbocycles. The lowest BCUT2D eigenvalue weighted by molar-refractivity contribution is -0.384. The first-order valence-electron chi connectivity index (χ1n) is 7.16. The third kappa shape index (κ3) is 3.32. The van der Waals surface area contributed by atoms with Crippen LogP contribution >= 0.6 is 0 Å². The van der Waals surface area contributed by atoms with Crippen molar-refractivity contribution in [2.24, 2.45) is 5.92 Å². The summed E-state index contributed by atoms with van der Waals surface area (Å²) in [6, 6.07) is 4.89. The van der Waals surface area contributed by atoms with Crippen LogP contribution in [0.25, 0.3) is 0 Å². The molecule has 2 atom stereocenters. The smallest absolute Gasteiger partial charge is 0.293 e. The van der Waals surface area contributed by atoms with E-state index in [2.05, 4.69) is 12.2 Å². The summed E-state index contributed by atoms with van der Waals surface area (Å²) < 4.78 is 0. The molecule has 1 aromatic rings. The molecule has 0 radical (unpaired) electrons. The molecule has 0 aromatic heterocycles. The first kappa shape index (κ1) is 15.3. The Morgan fingerprint density at radius 1 is 1.38 bits per heavy atom. The van der Waals surface area contributed by atoms with E-state index < -0.39 is 4.92 Å². The van der Waals surface area contributed by atoms with Crippen molar-refractivity contribution in [3.63, 3.8) is 0 Å². The number of nitrogens with one attached hydrogen (secondary N) is 1. The molecule has 0 spiro atoms. The summed E-state index contributed by atoms with van der Waals surface area (Å²) in [5, 5.41) is 14.5. The summed E-state index contributed by atoms with van der Waals surface area (Å²) in [4.78, 5) is 24.1. The van der Waals surface area contributed by atoms with Crippen molar-refractivity contribution in [2.45, 2.75) is 32.2 Å². The summed E-state index contributed by atoms with van der Waals surface area (Å²) in [5.74, 6) is 0.270. The second-order valence-corrected chi connectivity index (χ2v) is 5.85. The van der Waals surface area contributed by atoms with Gasteiger partial charge in [0.05, 0.1) is 4.92 Å². The van der Waals surface area contributed by atoms with Gasteiger partial charge in [0.15, 0.2) is 0 Å². The van der Waals surface area contributed by atoms with Crippen molar-refractivity contribution in [1.82, 2.24) is 4.90 Å². The van der Waals surface area contributed by atoms with E-state index in [1.807, 2.05) is 0 Å². The fourth-order valence-electron chi connectivity index (χ4n) is 2.76. The molecule has 6 heteroatoms. The molecule has 0 heterocycles. The van der Waals surface area contributed by atoms with Crippen LogP contribution in [0.15, 0.2) is 18.2 Å². The average Bonchev–Trinajstić information content (AvgIpc) is 2.83. The first-order valence-corrected chi connectivity index (χ1v) is 7.16. The summed E-state index contributed by atoms with van der Waals surface area (Å²) in [6.07, 6.45) is 3.31. The number of nitro benzene ring substituents is 1. The SMILES string of the molecule is CC1CCCC1Nc1ccc(C(=O)N(C)C)cc1[N+](=O)[O-]. The molecule has 0 bridgehead atoms. The van der Waals surface area contributed by atoms with Gasteiger partial charge in [0.1, 0.15) is 5.69 Å². The molecule has 1 N–H and O–H groups in total. The minimum Gasteiger partial charge on any atom is -0.376 e. The predicted octanol–water partition coefficient (Wildman–Crippen LogP) is 2.90. The van der Waals surface area contributed by atoms with Gasteiger partial charge in [0.2, 0.25) is 0 Å². The Labute approximate surface area is 124 Å². The third-order valence-corrected chi connectivity index (χ3v) is 4.05. The van der Waals surface area contributed by atoms with Crippen LogP contribution in [0.1, 0.15) is 36.5 Å². The molecule has 114 valence electrons. The molecule has 1 aromatic carbocycles. The summed E-state index contributed by atoms with van der Waals surface area (Å²) >= 11 is 0. The lowest BCUT2D eigenvalue weighted by Crippen LogP contribution is -2.23. The molecule has 1 amide bonds. The van der Waals surface area contributed by atoms with Crippen molar-refractivity contribution < 1.29 is 9.72 Å². The summed E-state index contributed by atoms with van der Waals surface area (Å²) in [6.45, 7) is 2.15. The van der Waals surface area contributed by atoms with E-state index in [0.29, 0.717) is 17.2 Å². The van der Waals surface area contributed by atoms with Gasteiger partial charge in [-0.15, -0.1) is 0 Å². The van der Waals surface area contributed by atoms with Crippen molar-refractivity contribution in [3.05, 3.63) is 33.9 Å². The van der Waals surface area contributed by atoms with Crippen molar-refractivity contribution in [1.29, 1.82) is 0 Å². The van der Waals surface area contributed by atoms with Crippen LogP contribution in [0.5, 0.6) is 0 Å². The number of rotatable bonds is 4. The van der Waals surface area contributed by atoms with Gasteiger partial charge in [-0.3, -0.25) is 14.9 Å². The monoisotopic (exact) mass is 291 g/mol. The van der Waals surface area contributed by atoms with Crippen LogP contribution in [0.2, 0.25) is 0 Å². The number of nitro groups is 1. The van der Waals surface area contributed by atoms with Gasteiger partial charge in [0.25, 0.3) is 11.6 Å². The molecule has 6 nitrogen and oxygen atoms in total. The lowest BCUT2D eigenvalue weighted by Gasteiger charge is -2.19. The quantitative estimate of drug-likeness (QED) is 0.683. The largest absolute Gasteiger partial charge is 0.376 e. The van der Waals surface area contributed by atoms with E-state index in [1.54, 1.807) is 26.2 Å². The molecule has 1 aliphatic rings. The topological polar surface area (TPSA) is 75.5 Å². The van der Waals surface area contributed by atoms with Crippen LogP contribution < -0.4 is 5.32 Å². The number of anilines is 1. The van der Waals surface area contributed by atoms with Crippen LogP contribution in [0, 0.1) is 16.0 Å². The maximum atomic E-state index is 11.9. The van der Waals surface area contributed by atoms with Crippen molar-refractivity contribution in [2.75, 3.05) is 19.4 Å². The van der Waals surface area contributed by atoms with Gasteiger partial charge in [-0.2, -0.15) is 0 Å². The highest BCUT2D eigenvalue weighted by Gasteiger charge is 2.26. The van der Waals surface area contributed by atoms with Gasteiger partial charge in [0, 0.05) is 31.8 Å². The molecule has 0 saturated heterocycles. The highest BCUT2D eigenvalue weighted by Crippen LogP contribution is 2.32. The van der Waals surface area contributed by atoms with E-state index in [-0.39, 0.29) is 17.6 Å². The fourth-order valence-corrected chi connectivity index (χ4v) is 2.76. The molecular weight excluding hydrogens is 270 g/mol. The van der Waals surface area contributed by atoms with Gasteiger partial charge >= 0.3 is 0 Å². The summed E-state index contributed by atoms with van der Waals surface area (Å²) in [5.41, 5.74) is 0.785. The normalized spacial score (nSPS) is 21.1. The standard InChI is InChI=1S/C15H21N3O3/c1-10-5-4-6-12(10)16-13-8-7-11(15(19)17(2)3)9-14(13)18(20)21/h7-10,12,16H,4-6H2,1-3H3. The second kappa shape index (κ2) is 6.11. The summed E-state index contributed by atoms with van der Waals surface area (Å²) in [7, 11) is 3.25. The third-order valence-electron chi connectivity index (χ3n) is 4.05. The van der Waals surface area contributed by atoms with E-state index in [4.69, 9.17) is 0 Å². The number of hydrogen-bond donors (Lipinski definition) is 1. The lowest BCUT2D eigenvalue weighted by atomic mass is 10.1. The Morgan fingerprint density at radius 3 is 2.62 bits per heavy atom.